The van der Waals surface area contributed by atoms with Crippen LogP contribution in [-0.4, -0.2) is 102 Å². The van der Waals surface area contributed by atoms with E-state index in [1.54, 1.807) is 76.6 Å². The van der Waals surface area contributed by atoms with Crippen molar-refractivity contribution in [2.24, 2.45) is 0 Å². The summed E-state index contributed by atoms with van der Waals surface area (Å²) in [4.78, 5) is 11.7. The number of carbonyl (C=O) groups is 1. The first kappa shape index (κ1) is 37.6. The van der Waals surface area contributed by atoms with E-state index in [0.29, 0.717) is 5.19 Å². The zero-order valence-electron chi connectivity index (χ0n) is 29.1. The lowest BCUT2D eigenvalue weighted by Gasteiger charge is -2.56. The normalized spacial score (nSPS) is 43.6. The molecular weight excluding hydrogens is 829 g/mol. The molecule has 6 heterocycles. The molecule has 6 aliphatic heterocycles. The van der Waals surface area contributed by atoms with E-state index >= 15 is 0 Å². The van der Waals surface area contributed by atoms with Crippen LogP contribution in [-0.2, 0) is 62.3 Å². The fourth-order valence-electron chi connectivity index (χ4n) is 6.31. The van der Waals surface area contributed by atoms with Crippen LogP contribution in [0, 0.1) is 6.92 Å². The van der Waals surface area contributed by atoms with E-state index in [1.807, 2.05) is 31.2 Å². The van der Waals surface area contributed by atoms with Crippen molar-refractivity contribution in [3.8, 4) is 5.75 Å². The fourth-order valence-corrected chi connectivity index (χ4v) is 55.5. The van der Waals surface area contributed by atoms with Crippen LogP contribution in [0.3, 0.4) is 0 Å². The van der Waals surface area contributed by atoms with Crippen LogP contribution in [0.2, 0.25) is 52.4 Å². The zero-order chi connectivity index (χ0) is 36.0. The van der Waals surface area contributed by atoms with Crippen LogP contribution in [0.25, 0.3) is 0 Å². The molecule has 272 valence electrons. The molecular formula is C23H38O17Si10. The predicted octanol–water partition coefficient (Wildman–Crippen LogP) is 2.08. The number of hydrogen-bond acceptors (Lipinski definition) is 17. The van der Waals surface area contributed by atoms with E-state index in [9.17, 15) is 4.79 Å². The number of benzene rings is 2. The Morgan fingerprint density at radius 3 is 1.06 bits per heavy atom. The van der Waals surface area contributed by atoms with E-state index in [-0.39, 0.29) is 5.75 Å². The third-order valence-corrected chi connectivity index (χ3v) is 47.7. The largest absolute Gasteiger partial charge is 0.513 e. The second kappa shape index (κ2) is 12.7. The molecule has 2 aromatic carbocycles. The number of carbonyl (C=O) groups excluding carboxylic acids is 1. The molecule has 0 saturated carbocycles. The minimum atomic E-state index is -3.96. The molecule has 6 fully saturated rings. The van der Waals surface area contributed by atoms with Gasteiger partial charge in [-0.05, 0) is 29.4 Å². The Hall–Kier alpha value is -0.681. The van der Waals surface area contributed by atoms with E-state index in [0.717, 1.165) is 10.8 Å². The smallest absolute Gasteiger partial charge is 0.437 e. The molecule has 17 nitrogen and oxygen atoms in total. The summed E-state index contributed by atoms with van der Waals surface area (Å²) >= 11 is 0. The molecule has 0 aliphatic carbocycles. The van der Waals surface area contributed by atoms with Crippen molar-refractivity contribution in [1.29, 1.82) is 0 Å². The first-order valence-electron chi connectivity index (χ1n) is 15.6. The summed E-state index contributed by atoms with van der Waals surface area (Å²) in [6, 6.07) is 14.5. The second-order valence-corrected chi connectivity index (χ2v) is 40.4. The molecule has 8 bridgehead atoms. The molecule has 0 amide bonds. The van der Waals surface area contributed by atoms with Crippen LogP contribution >= 0.6 is 0 Å². The molecule has 8 rings (SSSR count). The molecule has 6 saturated heterocycles. The van der Waals surface area contributed by atoms with Crippen molar-refractivity contribution >= 4 is 106 Å². The highest BCUT2D eigenvalue weighted by Crippen LogP contribution is 2.44. The Bertz CT molecular complexity index is 1540. The quantitative estimate of drug-likeness (QED) is 0.250. The van der Waals surface area contributed by atoms with Gasteiger partial charge in [-0.3, -0.25) is 0 Å². The predicted molar refractivity (Wildman–Crippen MR) is 190 cm³/mol. The Kier molecular flexibility index (Phi) is 9.55. The number of aryl methyl sites for hydroxylation is 1. The van der Waals surface area contributed by atoms with Gasteiger partial charge < -0.3 is 67.1 Å². The maximum absolute atomic E-state index is 11.7. The highest BCUT2D eigenvalue weighted by atomic mass is 28.6. The van der Waals surface area contributed by atoms with Crippen molar-refractivity contribution in [1.82, 2.24) is 0 Å². The molecule has 4 atom stereocenters. The van der Waals surface area contributed by atoms with E-state index in [2.05, 4.69) is 4.74 Å². The van der Waals surface area contributed by atoms with Gasteiger partial charge in [0.15, 0.2) is 0 Å². The van der Waals surface area contributed by atoms with Gasteiger partial charge >= 0.3 is 95.2 Å². The Morgan fingerprint density at radius 2 is 0.760 bits per heavy atom. The highest BCUT2D eigenvalue weighted by Gasteiger charge is 2.74. The Morgan fingerprint density at radius 1 is 0.480 bits per heavy atom. The fraction of sp³-hybridized carbons (Fsp3) is 0.435. The monoisotopic (exact) mass is 866 g/mol. The van der Waals surface area contributed by atoms with Crippen LogP contribution in [0.4, 0.5) is 4.79 Å². The third-order valence-electron chi connectivity index (χ3n) is 7.57. The van der Waals surface area contributed by atoms with Crippen LogP contribution in [0.15, 0.2) is 48.5 Å². The molecule has 0 aromatic heterocycles. The second-order valence-electron chi connectivity index (χ2n) is 12.8. The number of fused-ring (bicyclic) bond motifs is 4. The molecule has 6 aliphatic rings. The average molecular weight is 867 g/mol. The number of ether oxygens (including phenoxy) is 2. The topological polar surface area (TPSA) is 165 Å². The van der Waals surface area contributed by atoms with E-state index < -0.39 is 95.2 Å². The van der Waals surface area contributed by atoms with Crippen molar-refractivity contribution in [2.45, 2.75) is 59.3 Å². The van der Waals surface area contributed by atoms with Gasteiger partial charge in [0.25, 0.3) is 0 Å². The summed E-state index contributed by atoms with van der Waals surface area (Å²) in [6.45, 7) is 15.8. The molecule has 0 N–H and O–H groups in total. The lowest BCUT2D eigenvalue weighted by Crippen LogP contribution is -2.82. The van der Waals surface area contributed by atoms with E-state index in [4.69, 9.17) is 62.3 Å². The van der Waals surface area contributed by atoms with Gasteiger partial charge in [-0.2, -0.15) is 0 Å². The number of methoxy groups -OCH3 is 1. The zero-order valence-corrected chi connectivity index (χ0v) is 39.1. The summed E-state index contributed by atoms with van der Waals surface area (Å²) in [5, 5.41) is 1.40. The minimum absolute atomic E-state index is 0.257. The van der Waals surface area contributed by atoms with Crippen molar-refractivity contribution < 1.29 is 71.9 Å². The van der Waals surface area contributed by atoms with E-state index in [1.165, 1.54) is 7.11 Å². The Labute approximate surface area is 302 Å². The first-order chi connectivity index (χ1) is 23.1. The van der Waals surface area contributed by atoms with Crippen LogP contribution < -0.4 is 15.1 Å². The minimum Gasteiger partial charge on any atom is -0.437 e. The first-order valence-corrected chi connectivity index (χ1v) is 36.0. The molecule has 27 heteroatoms. The number of hydrogen-bond donors (Lipinski definition) is 0. The molecule has 50 heavy (non-hydrogen) atoms. The molecule has 2 aromatic rings. The van der Waals surface area contributed by atoms with Crippen LogP contribution in [0.1, 0.15) is 5.56 Å². The van der Waals surface area contributed by atoms with Gasteiger partial charge in [0.05, 0.1) is 7.11 Å². The van der Waals surface area contributed by atoms with Crippen molar-refractivity contribution in [3.63, 3.8) is 0 Å². The van der Waals surface area contributed by atoms with Gasteiger partial charge in [-0.25, -0.2) is 4.79 Å². The standard InChI is InChI=1S/C23H38O17Si10/c1-19-11-15-21(16-12-19)41-27-43(3)31-47(7)35-45(5)29-42(22-17-13-20(14-18-22)26-23(24)25-2)30-46(6)37-49(9,39-47)33-44(4,28-41)34-50(10,38-46)40-48(8,32-43)36-45/h11-18H,1-10H3. The lowest BCUT2D eigenvalue weighted by molar-refractivity contribution is 0.0174. The van der Waals surface area contributed by atoms with Gasteiger partial charge in [0.1, 0.15) is 5.75 Å². The number of rotatable bonds is 3. The highest BCUT2D eigenvalue weighted by molar-refractivity contribution is 7.00. The van der Waals surface area contributed by atoms with Crippen molar-refractivity contribution in [3.05, 3.63) is 54.1 Å². The van der Waals surface area contributed by atoms with Gasteiger partial charge in [0.2, 0.25) is 0 Å². The molecule has 0 spiro atoms. The summed E-state index contributed by atoms with van der Waals surface area (Å²) in [7, 11) is -35.1. The van der Waals surface area contributed by atoms with Crippen molar-refractivity contribution in [2.75, 3.05) is 7.11 Å². The molecule has 2 radical (unpaired) electrons. The van der Waals surface area contributed by atoms with Gasteiger partial charge in [-0.15, -0.1) is 0 Å². The molecule has 4 unspecified atom stereocenters. The SMILES string of the molecule is COC(=O)Oc1ccc([Si]2O[Si]3(C)O[Si]4(C)O[Si]5(C)O[Si](c6ccc(C)cc6)O[Si]6(C)O[Si](C)(O[Si](C)(O2)O[Si](C)(O6)O[Si](C)(O5)O3)O4)cc1. The summed E-state index contributed by atoms with van der Waals surface area (Å²) in [5.41, 5.74) is 1.07. The van der Waals surface area contributed by atoms with Gasteiger partial charge in [-0.1, -0.05) is 42.0 Å². The van der Waals surface area contributed by atoms with Crippen LogP contribution in [0.5, 0.6) is 5.75 Å². The van der Waals surface area contributed by atoms with Gasteiger partial charge in [0, 0.05) is 52.4 Å². The average Bonchev–Trinajstić information content (AvgIpc) is 2.92. The summed E-state index contributed by atoms with van der Waals surface area (Å²) < 4.78 is 106. The third kappa shape index (κ3) is 7.91. The maximum Gasteiger partial charge on any atom is 0.513 e. The Balaban J connectivity index is 1.40. The summed E-state index contributed by atoms with van der Waals surface area (Å²) in [6.07, 6.45) is -0.853. The maximum atomic E-state index is 11.7. The summed E-state index contributed by atoms with van der Waals surface area (Å²) in [5.74, 6) is 0.257. The lowest BCUT2D eigenvalue weighted by atomic mass is 10.2.